The zero-order valence-electron chi connectivity index (χ0n) is 20.8. The highest BCUT2D eigenvalue weighted by molar-refractivity contribution is 6.39. The molecule has 1 aliphatic carbocycles. The standard InChI is InChI=1S/C26H23Cl2F4N5O3/c27-19-10-34-11-20(28)22(19)21(38)13-36(12-14-1-5-16(29)6-2-14)25(40)18-9-35-37(23(18)26(30,31)32)17-7-3-15(4-8-17)24(33)39/h1-2,5-6,9-11,15,17H,3-4,7-8,12-13H2,(H2,33,39)/t15-,17-. The van der Waals surface area contributed by atoms with E-state index in [0.29, 0.717) is 18.4 Å². The number of nitrogens with zero attached hydrogens (tertiary/aromatic N) is 4. The first-order chi connectivity index (χ1) is 18.9. The predicted octanol–water partition coefficient (Wildman–Crippen LogP) is 5.48. The van der Waals surface area contributed by atoms with Crippen LogP contribution in [0.2, 0.25) is 10.0 Å². The van der Waals surface area contributed by atoms with Gasteiger partial charge in [0.2, 0.25) is 5.91 Å². The summed E-state index contributed by atoms with van der Waals surface area (Å²) in [6.07, 6.45) is -0.800. The van der Waals surface area contributed by atoms with E-state index in [0.717, 1.165) is 27.9 Å². The van der Waals surface area contributed by atoms with Crippen LogP contribution in [0, 0.1) is 11.7 Å². The van der Waals surface area contributed by atoms with Crippen molar-refractivity contribution in [2.45, 2.75) is 44.4 Å². The Bertz CT molecular complexity index is 1400. The molecule has 2 amide bonds. The second-order valence-corrected chi connectivity index (χ2v) is 10.3. The Morgan fingerprint density at radius 3 is 2.15 bits per heavy atom. The van der Waals surface area contributed by atoms with Crippen LogP contribution in [0.15, 0.2) is 42.9 Å². The Labute approximate surface area is 236 Å². The van der Waals surface area contributed by atoms with Gasteiger partial charge >= 0.3 is 6.18 Å². The Kier molecular flexibility index (Phi) is 8.79. The number of hydrogen-bond acceptors (Lipinski definition) is 5. The van der Waals surface area contributed by atoms with Crippen molar-refractivity contribution >= 4 is 40.8 Å². The molecule has 0 atom stereocenters. The lowest BCUT2D eigenvalue weighted by Crippen LogP contribution is -2.37. The summed E-state index contributed by atoms with van der Waals surface area (Å²) in [5.41, 5.74) is 3.53. The largest absolute Gasteiger partial charge is 0.433 e. The lowest BCUT2D eigenvalue weighted by atomic mass is 9.85. The first-order valence-electron chi connectivity index (χ1n) is 12.2. The van der Waals surface area contributed by atoms with E-state index in [-0.39, 0.29) is 35.0 Å². The van der Waals surface area contributed by atoms with Crippen LogP contribution in [0.4, 0.5) is 17.6 Å². The smallest absolute Gasteiger partial charge is 0.369 e. The number of aromatic nitrogens is 3. The van der Waals surface area contributed by atoms with Crippen molar-refractivity contribution in [1.29, 1.82) is 0 Å². The van der Waals surface area contributed by atoms with E-state index in [1.165, 1.54) is 24.5 Å². The fourth-order valence-electron chi connectivity index (χ4n) is 4.79. The fraction of sp³-hybridized carbons (Fsp3) is 0.346. The summed E-state index contributed by atoms with van der Waals surface area (Å²) in [6.45, 7) is -1.01. The van der Waals surface area contributed by atoms with Gasteiger partial charge in [-0.2, -0.15) is 18.3 Å². The molecule has 1 aromatic carbocycles. The number of amides is 2. The first kappa shape index (κ1) is 29.5. The topological polar surface area (TPSA) is 111 Å². The molecule has 2 N–H and O–H groups in total. The van der Waals surface area contributed by atoms with E-state index in [9.17, 15) is 31.9 Å². The van der Waals surface area contributed by atoms with Gasteiger partial charge in [0.05, 0.1) is 40.0 Å². The Morgan fingerprint density at radius 1 is 1.00 bits per heavy atom. The molecule has 4 rings (SSSR count). The van der Waals surface area contributed by atoms with Gasteiger partial charge in [-0.15, -0.1) is 0 Å². The summed E-state index contributed by atoms with van der Waals surface area (Å²) in [7, 11) is 0. The summed E-state index contributed by atoms with van der Waals surface area (Å²) < 4.78 is 57.4. The molecule has 8 nitrogen and oxygen atoms in total. The second kappa shape index (κ2) is 11.9. The molecule has 0 unspecified atom stereocenters. The Hall–Kier alpha value is -3.51. The monoisotopic (exact) mass is 599 g/mol. The number of ketones is 1. The summed E-state index contributed by atoms with van der Waals surface area (Å²) in [6, 6.07) is 4.22. The van der Waals surface area contributed by atoms with Gasteiger partial charge in [-0.25, -0.2) is 4.39 Å². The molecular formula is C26H23Cl2F4N5O3. The van der Waals surface area contributed by atoms with Gasteiger partial charge in [0.1, 0.15) is 5.82 Å². The highest BCUT2D eigenvalue weighted by Crippen LogP contribution is 2.39. The van der Waals surface area contributed by atoms with Crippen LogP contribution in [-0.4, -0.2) is 43.8 Å². The van der Waals surface area contributed by atoms with Crippen LogP contribution in [-0.2, 0) is 17.5 Å². The molecule has 1 fully saturated rings. The van der Waals surface area contributed by atoms with E-state index < -0.39 is 59.4 Å². The summed E-state index contributed by atoms with van der Waals surface area (Å²) >= 11 is 12.2. The van der Waals surface area contributed by atoms with Gasteiger partial charge in [0.25, 0.3) is 5.91 Å². The number of carbonyl (C=O) groups is 3. The number of rotatable bonds is 8. The van der Waals surface area contributed by atoms with Crippen molar-refractivity contribution in [3.63, 3.8) is 0 Å². The molecule has 2 heterocycles. The van der Waals surface area contributed by atoms with Crippen LogP contribution in [0.1, 0.15) is 63.7 Å². The molecule has 40 heavy (non-hydrogen) atoms. The fourth-order valence-corrected chi connectivity index (χ4v) is 5.37. The van der Waals surface area contributed by atoms with Crippen molar-refractivity contribution in [2.24, 2.45) is 11.7 Å². The van der Waals surface area contributed by atoms with Crippen LogP contribution >= 0.6 is 23.2 Å². The van der Waals surface area contributed by atoms with E-state index in [2.05, 4.69) is 10.1 Å². The number of alkyl halides is 3. The number of nitrogens with two attached hydrogens (primary N) is 1. The third-order valence-electron chi connectivity index (χ3n) is 6.78. The molecule has 0 radical (unpaired) electrons. The van der Waals surface area contributed by atoms with Crippen LogP contribution < -0.4 is 5.73 Å². The molecule has 3 aromatic rings. The average molecular weight is 600 g/mol. The maximum atomic E-state index is 14.4. The SMILES string of the molecule is NC(=O)[C@H]1CC[C@H](n2ncc(C(=O)N(CC(=O)c3c(Cl)cncc3Cl)Cc3ccc(F)cc3)c2C(F)(F)F)CC1. The summed E-state index contributed by atoms with van der Waals surface area (Å²) in [5.74, 6) is -3.37. The minimum atomic E-state index is -4.97. The number of benzene rings is 1. The number of primary amides is 1. The molecule has 14 heteroatoms. The van der Waals surface area contributed by atoms with E-state index >= 15 is 0 Å². The zero-order chi connectivity index (χ0) is 29.2. The van der Waals surface area contributed by atoms with E-state index in [1.807, 2.05) is 0 Å². The average Bonchev–Trinajstić information content (AvgIpc) is 3.35. The van der Waals surface area contributed by atoms with Gasteiger partial charge in [0, 0.05) is 24.9 Å². The molecule has 1 saturated carbocycles. The van der Waals surface area contributed by atoms with E-state index in [1.54, 1.807) is 0 Å². The van der Waals surface area contributed by atoms with Gasteiger partial charge < -0.3 is 10.6 Å². The van der Waals surface area contributed by atoms with Crippen molar-refractivity contribution in [1.82, 2.24) is 19.7 Å². The third-order valence-corrected chi connectivity index (χ3v) is 7.35. The van der Waals surface area contributed by atoms with Gasteiger partial charge in [-0.3, -0.25) is 24.0 Å². The van der Waals surface area contributed by atoms with Crippen LogP contribution in [0.5, 0.6) is 0 Å². The first-order valence-corrected chi connectivity index (χ1v) is 12.9. The lowest BCUT2D eigenvalue weighted by Gasteiger charge is -2.29. The molecule has 0 bridgehead atoms. The second-order valence-electron chi connectivity index (χ2n) is 9.45. The van der Waals surface area contributed by atoms with Gasteiger partial charge in [-0.05, 0) is 43.4 Å². The lowest BCUT2D eigenvalue weighted by molar-refractivity contribution is -0.146. The van der Waals surface area contributed by atoms with Gasteiger partial charge in [-0.1, -0.05) is 35.3 Å². The Balaban J connectivity index is 1.70. The highest BCUT2D eigenvalue weighted by Gasteiger charge is 2.43. The van der Waals surface area contributed by atoms with Gasteiger partial charge in [0.15, 0.2) is 11.5 Å². The predicted molar refractivity (Wildman–Crippen MR) is 137 cm³/mol. The minimum Gasteiger partial charge on any atom is -0.369 e. The molecule has 2 aromatic heterocycles. The van der Waals surface area contributed by atoms with Crippen molar-refractivity contribution in [3.05, 3.63) is 81.1 Å². The van der Waals surface area contributed by atoms with E-state index in [4.69, 9.17) is 28.9 Å². The Morgan fingerprint density at radius 2 is 1.60 bits per heavy atom. The molecule has 1 aliphatic rings. The van der Waals surface area contributed by atoms with Crippen LogP contribution in [0.25, 0.3) is 0 Å². The number of carbonyl (C=O) groups excluding carboxylic acids is 3. The minimum absolute atomic E-state index is 0.0953. The zero-order valence-corrected chi connectivity index (χ0v) is 22.3. The third kappa shape index (κ3) is 6.44. The maximum absolute atomic E-state index is 14.4. The molecule has 0 saturated heterocycles. The molecule has 0 aliphatic heterocycles. The highest BCUT2D eigenvalue weighted by atomic mass is 35.5. The number of halogens is 6. The van der Waals surface area contributed by atoms with Crippen molar-refractivity contribution < 1.29 is 31.9 Å². The molecule has 212 valence electrons. The maximum Gasteiger partial charge on any atom is 0.433 e. The normalized spacial score (nSPS) is 17.4. The number of Topliss-reactive ketones (excluding diaryl/α,β-unsaturated/α-hetero) is 1. The van der Waals surface area contributed by atoms with Crippen molar-refractivity contribution in [3.8, 4) is 0 Å². The quantitative estimate of drug-likeness (QED) is 0.272. The summed E-state index contributed by atoms with van der Waals surface area (Å²) in [5, 5.41) is 3.72. The molecular weight excluding hydrogens is 577 g/mol. The van der Waals surface area contributed by atoms with Crippen LogP contribution in [0.3, 0.4) is 0 Å². The molecule has 0 spiro atoms. The summed E-state index contributed by atoms with van der Waals surface area (Å²) in [4.78, 5) is 43.0. The number of hydrogen-bond donors (Lipinski definition) is 1. The number of pyridine rings is 1. The van der Waals surface area contributed by atoms with Crippen molar-refractivity contribution in [2.75, 3.05) is 6.54 Å².